The molecule has 1 aliphatic rings. The summed E-state index contributed by atoms with van der Waals surface area (Å²) >= 11 is 5.96. The molecule has 0 radical (unpaired) electrons. The summed E-state index contributed by atoms with van der Waals surface area (Å²) < 4.78 is 40.3. The number of hydrogen-bond acceptors (Lipinski definition) is 4. The van der Waals surface area contributed by atoms with E-state index in [1.165, 1.54) is 30.5 Å². The van der Waals surface area contributed by atoms with Crippen LogP contribution in [0.1, 0.15) is 34.9 Å². The number of nitrogens with one attached hydrogen (secondary N) is 1. The molecule has 0 aliphatic carbocycles. The molecule has 1 aromatic carbocycles. The molecule has 26 heavy (non-hydrogen) atoms. The van der Waals surface area contributed by atoms with Crippen molar-refractivity contribution in [1.82, 2.24) is 15.3 Å². The third-order valence-corrected chi connectivity index (χ3v) is 4.35. The number of alkyl halides is 3. The molecule has 0 unspecified atom stereocenters. The summed E-state index contributed by atoms with van der Waals surface area (Å²) in [6.45, 7) is 1.47. The molecule has 3 rings (SSSR count). The molecule has 1 N–H and O–H groups in total. The summed E-state index contributed by atoms with van der Waals surface area (Å²) in [7, 11) is 0. The van der Waals surface area contributed by atoms with E-state index in [0.717, 1.165) is 25.9 Å². The molecule has 0 saturated carbocycles. The number of halogens is 4. The molecular weight excluding hydrogens is 369 g/mol. The maximum Gasteiger partial charge on any atom is 0.412 e. The van der Waals surface area contributed by atoms with E-state index >= 15 is 0 Å². The van der Waals surface area contributed by atoms with Crippen molar-refractivity contribution >= 4 is 23.5 Å². The maximum absolute atomic E-state index is 13.4. The van der Waals surface area contributed by atoms with E-state index in [9.17, 15) is 18.0 Å². The number of amides is 1. The van der Waals surface area contributed by atoms with Gasteiger partial charge in [-0.2, -0.15) is 13.2 Å². The third kappa shape index (κ3) is 4.07. The van der Waals surface area contributed by atoms with Gasteiger partial charge >= 0.3 is 6.18 Å². The summed E-state index contributed by atoms with van der Waals surface area (Å²) in [5, 5.41) is 1.89. The van der Waals surface area contributed by atoms with Crippen LogP contribution in [0, 0.1) is 0 Å². The predicted octanol–water partition coefficient (Wildman–Crippen LogP) is 3.76. The van der Waals surface area contributed by atoms with Crippen LogP contribution in [0.5, 0.6) is 0 Å². The van der Waals surface area contributed by atoms with Crippen LogP contribution < -0.4 is 10.2 Å². The Morgan fingerprint density at radius 2 is 1.85 bits per heavy atom. The molecule has 1 amide bonds. The van der Waals surface area contributed by atoms with E-state index in [2.05, 4.69) is 9.97 Å². The van der Waals surface area contributed by atoms with E-state index in [0.29, 0.717) is 5.95 Å². The van der Waals surface area contributed by atoms with Crippen LogP contribution in [0.3, 0.4) is 0 Å². The standard InChI is InChI=1S/C17H16ClF3N4O/c18-12-10-22-16(25-8-4-5-9-25)23-13(12)15(26)24-14(17(19,20)21)11-6-2-1-3-7-11/h1-3,6-7,10,14H,4-5,8-9H2,(H,24,26)/t14-/m1/s1. The molecule has 1 saturated heterocycles. The van der Waals surface area contributed by atoms with Gasteiger partial charge in [-0.1, -0.05) is 41.9 Å². The van der Waals surface area contributed by atoms with Gasteiger partial charge in [-0.3, -0.25) is 4.79 Å². The maximum atomic E-state index is 13.4. The van der Waals surface area contributed by atoms with E-state index < -0.39 is 18.1 Å². The minimum absolute atomic E-state index is 0.0710. The van der Waals surface area contributed by atoms with Crippen molar-refractivity contribution in [2.75, 3.05) is 18.0 Å². The zero-order chi connectivity index (χ0) is 18.7. The topological polar surface area (TPSA) is 58.1 Å². The summed E-state index contributed by atoms with van der Waals surface area (Å²) in [5.41, 5.74) is -0.341. The molecule has 1 aromatic heterocycles. The van der Waals surface area contributed by atoms with Crippen LogP contribution in [0.25, 0.3) is 0 Å². The average molecular weight is 385 g/mol. The first-order valence-corrected chi connectivity index (χ1v) is 8.44. The first kappa shape index (κ1) is 18.4. The van der Waals surface area contributed by atoms with Crippen LogP contribution >= 0.6 is 11.6 Å². The van der Waals surface area contributed by atoms with Crippen molar-refractivity contribution in [1.29, 1.82) is 0 Å². The van der Waals surface area contributed by atoms with Gasteiger partial charge in [-0.05, 0) is 18.4 Å². The van der Waals surface area contributed by atoms with E-state index in [1.807, 2.05) is 10.2 Å². The van der Waals surface area contributed by atoms with Gasteiger partial charge < -0.3 is 10.2 Å². The van der Waals surface area contributed by atoms with Gasteiger partial charge in [0.1, 0.15) is 0 Å². The van der Waals surface area contributed by atoms with Crippen LogP contribution in [-0.2, 0) is 0 Å². The van der Waals surface area contributed by atoms with Gasteiger partial charge in [0, 0.05) is 13.1 Å². The number of aromatic nitrogens is 2. The molecule has 1 fully saturated rings. The Morgan fingerprint density at radius 3 is 2.46 bits per heavy atom. The minimum Gasteiger partial charge on any atom is -0.341 e. The van der Waals surface area contributed by atoms with Crippen molar-refractivity contribution in [2.24, 2.45) is 0 Å². The van der Waals surface area contributed by atoms with E-state index in [1.54, 1.807) is 6.07 Å². The van der Waals surface area contributed by atoms with Gasteiger partial charge in [0.15, 0.2) is 11.7 Å². The SMILES string of the molecule is O=C(N[C@H](c1ccccc1)C(F)(F)F)c1nc(N2CCCC2)ncc1Cl. The fourth-order valence-corrected chi connectivity index (χ4v) is 2.96. The highest BCUT2D eigenvalue weighted by atomic mass is 35.5. The first-order chi connectivity index (χ1) is 12.4. The second-order valence-corrected chi connectivity index (χ2v) is 6.33. The molecular formula is C17H16ClF3N4O. The number of carbonyl (C=O) groups is 1. The second-order valence-electron chi connectivity index (χ2n) is 5.92. The van der Waals surface area contributed by atoms with Crippen LogP contribution in [0.15, 0.2) is 36.5 Å². The van der Waals surface area contributed by atoms with Gasteiger partial charge in [0.05, 0.1) is 11.2 Å². The molecule has 2 heterocycles. The molecule has 1 aliphatic heterocycles. The summed E-state index contributed by atoms with van der Waals surface area (Å²) in [6, 6.07) is 5.00. The highest BCUT2D eigenvalue weighted by molar-refractivity contribution is 6.33. The van der Waals surface area contributed by atoms with Gasteiger partial charge in [-0.25, -0.2) is 9.97 Å². The molecule has 0 bridgehead atoms. The Morgan fingerprint density at radius 1 is 1.19 bits per heavy atom. The normalized spacial score (nSPS) is 15.8. The third-order valence-electron chi connectivity index (χ3n) is 4.07. The Kier molecular flexibility index (Phi) is 5.31. The molecule has 5 nitrogen and oxygen atoms in total. The zero-order valence-electron chi connectivity index (χ0n) is 13.6. The van der Waals surface area contributed by atoms with Gasteiger partial charge in [0.2, 0.25) is 5.95 Å². The molecule has 1 atom stereocenters. The first-order valence-electron chi connectivity index (χ1n) is 8.06. The Labute approximate surface area is 153 Å². The fourth-order valence-electron chi connectivity index (χ4n) is 2.79. The number of carbonyl (C=O) groups excluding carboxylic acids is 1. The monoisotopic (exact) mass is 384 g/mol. The van der Waals surface area contributed by atoms with Crippen molar-refractivity contribution in [2.45, 2.75) is 25.1 Å². The Bertz CT molecular complexity index is 779. The smallest absolute Gasteiger partial charge is 0.341 e. The zero-order valence-corrected chi connectivity index (χ0v) is 14.4. The number of benzene rings is 1. The summed E-state index contributed by atoms with van der Waals surface area (Å²) in [5.74, 6) is -0.704. The fraction of sp³-hybridized carbons (Fsp3) is 0.353. The largest absolute Gasteiger partial charge is 0.412 e. The van der Waals surface area contributed by atoms with Gasteiger partial charge in [0.25, 0.3) is 5.91 Å². The Balaban J connectivity index is 1.87. The quantitative estimate of drug-likeness (QED) is 0.872. The lowest BCUT2D eigenvalue weighted by Gasteiger charge is -2.22. The predicted molar refractivity (Wildman–Crippen MR) is 91.2 cm³/mol. The molecule has 9 heteroatoms. The van der Waals surface area contributed by atoms with Crippen LogP contribution in [-0.4, -0.2) is 35.1 Å². The number of rotatable bonds is 4. The lowest BCUT2D eigenvalue weighted by Crippen LogP contribution is -2.38. The molecule has 138 valence electrons. The summed E-state index contributed by atoms with van der Waals surface area (Å²) in [6.07, 6.45) is -1.48. The van der Waals surface area contributed by atoms with Crippen molar-refractivity contribution in [3.8, 4) is 0 Å². The molecule has 2 aromatic rings. The average Bonchev–Trinajstić information content (AvgIpc) is 3.14. The summed E-state index contributed by atoms with van der Waals surface area (Å²) in [4.78, 5) is 22.5. The Hall–Kier alpha value is -2.35. The number of hydrogen-bond donors (Lipinski definition) is 1. The van der Waals surface area contributed by atoms with Gasteiger partial charge in [-0.15, -0.1) is 0 Å². The van der Waals surface area contributed by atoms with E-state index in [4.69, 9.17) is 11.6 Å². The number of anilines is 1. The highest BCUT2D eigenvalue weighted by Gasteiger charge is 2.42. The van der Waals surface area contributed by atoms with Crippen LogP contribution in [0.4, 0.5) is 19.1 Å². The minimum atomic E-state index is -4.66. The van der Waals surface area contributed by atoms with E-state index in [-0.39, 0.29) is 16.3 Å². The van der Waals surface area contributed by atoms with Crippen molar-refractivity contribution < 1.29 is 18.0 Å². The van der Waals surface area contributed by atoms with Crippen LogP contribution in [0.2, 0.25) is 5.02 Å². The molecule has 0 spiro atoms. The lowest BCUT2D eigenvalue weighted by atomic mass is 10.1. The lowest BCUT2D eigenvalue weighted by molar-refractivity contribution is -0.155. The van der Waals surface area contributed by atoms with Crippen molar-refractivity contribution in [3.05, 3.63) is 52.8 Å². The van der Waals surface area contributed by atoms with Crippen molar-refractivity contribution in [3.63, 3.8) is 0 Å². The highest BCUT2D eigenvalue weighted by Crippen LogP contribution is 2.33. The second kappa shape index (κ2) is 7.49. The number of nitrogens with zero attached hydrogens (tertiary/aromatic N) is 3.